The highest BCUT2D eigenvalue weighted by Gasteiger charge is 2.24. The van der Waals surface area contributed by atoms with E-state index >= 15 is 0 Å². The number of carbonyl (C=O) groups is 1. The van der Waals surface area contributed by atoms with Crippen LogP contribution in [-0.4, -0.2) is 19.1 Å². The zero-order valence-corrected chi connectivity index (χ0v) is 12.5. The molecule has 1 aromatic rings. The Morgan fingerprint density at radius 2 is 1.90 bits per heavy atom. The van der Waals surface area contributed by atoms with E-state index < -0.39 is 5.97 Å². The van der Waals surface area contributed by atoms with Crippen LogP contribution in [0.5, 0.6) is 0 Å². The average Bonchev–Trinajstić information content (AvgIpc) is 2.39. The van der Waals surface area contributed by atoms with Crippen LogP contribution in [0.4, 0.5) is 11.4 Å². The van der Waals surface area contributed by atoms with Crippen LogP contribution in [0.15, 0.2) is 18.2 Å². The van der Waals surface area contributed by atoms with Gasteiger partial charge in [0.1, 0.15) is 0 Å². The van der Waals surface area contributed by atoms with E-state index in [0.717, 1.165) is 17.5 Å². The molecule has 0 amide bonds. The molecule has 0 saturated heterocycles. The maximum atomic E-state index is 11.7. The third-order valence-electron chi connectivity index (χ3n) is 4.01. The van der Waals surface area contributed by atoms with Crippen molar-refractivity contribution in [1.82, 2.24) is 0 Å². The van der Waals surface area contributed by atoms with Crippen LogP contribution in [0.3, 0.4) is 0 Å². The number of esters is 1. The topological polar surface area (TPSA) is 64.3 Å². The van der Waals surface area contributed by atoms with Gasteiger partial charge in [0.15, 0.2) is 0 Å². The first kappa shape index (κ1) is 14.7. The first-order chi connectivity index (χ1) is 9.49. The van der Waals surface area contributed by atoms with Gasteiger partial charge in [-0.25, -0.2) is 4.79 Å². The minimum Gasteiger partial charge on any atom is -0.465 e. The molecule has 4 nitrogen and oxygen atoms in total. The average molecular weight is 276 g/mol. The van der Waals surface area contributed by atoms with Crippen LogP contribution < -0.4 is 11.1 Å². The van der Waals surface area contributed by atoms with Crippen molar-refractivity contribution in [2.24, 2.45) is 11.8 Å². The monoisotopic (exact) mass is 276 g/mol. The predicted molar refractivity (Wildman–Crippen MR) is 81.8 cm³/mol. The maximum Gasteiger partial charge on any atom is 0.340 e. The summed E-state index contributed by atoms with van der Waals surface area (Å²) in [5.41, 5.74) is 7.63. The fourth-order valence-corrected chi connectivity index (χ4v) is 3.23. The van der Waals surface area contributed by atoms with Crippen molar-refractivity contribution >= 4 is 17.3 Å². The number of ether oxygens (including phenoxy) is 1. The van der Waals surface area contributed by atoms with E-state index in [1.807, 2.05) is 6.07 Å². The van der Waals surface area contributed by atoms with Gasteiger partial charge in [-0.2, -0.15) is 0 Å². The zero-order valence-electron chi connectivity index (χ0n) is 12.5. The van der Waals surface area contributed by atoms with Crippen LogP contribution in [0.25, 0.3) is 0 Å². The van der Waals surface area contributed by atoms with Crippen molar-refractivity contribution in [2.75, 3.05) is 18.2 Å². The standard InChI is InChI=1S/C16H24N2O2/c1-10-6-11(2)8-13(7-10)18-12-4-5-15(17)14(9-12)16(19)20-3/h4-5,9-11,13,18H,6-8,17H2,1-3H3. The molecule has 1 aliphatic carbocycles. The number of nitrogens with one attached hydrogen (secondary N) is 1. The lowest BCUT2D eigenvalue weighted by atomic mass is 9.80. The summed E-state index contributed by atoms with van der Waals surface area (Å²) in [4.78, 5) is 11.7. The first-order valence-corrected chi connectivity index (χ1v) is 7.24. The van der Waals surface area contributed by atoms with Crippen molar-refractivity contribution in [1.29, 1.82) is 0 Å². The molecule has 0 heterocycles. The quantitative estimate of drug-likeness (QED) is 0.657. The molecule has 1 aromatic carbocycles. The summed E-state index contributed by atoms with van der Waals surface area (Å²) in [6, 6.07) is 5.92. The van der Waals surface area contributed by atoms with Gasteiger partial charge in [0.25, 0.3) is 0 Å². The summed E-state index contributed by atoms with van der Waals surface area (Å²) < 4.78 is 4.75. The van der Waals surface area contributed by atoms with E-state index in [9.17, 15) is 4.79 Å². The van der Waals surface area contributed by atoms with Gasteiger partial charge in [-0.15, -0.1) is 0 Å². The highest BCUT2D eigenvalue weighted by atomic mass is 16.5. The molecule has 3 N–H and O–H groups in total. The molecule has 20 heavy (non-hydrogen) atoms. The minimum atomic E-state index is -0.392. The van der Waals surface area contributed by atoms with Crippen molar-refractivity contribution < 1.29 is 9.53 Å². The highest BCUT2D eigenvalue weighted by molar-refractivity contribution is 5.96. The molecule has 2 unspecified atom stereocenters. The zero-order chi connectivity index (χ0) is 14.7. The molecule has 1 saturated carbocycles. The molecule has 0 radical (unpaired) electrons. The second kappa shape index (κ2) is 6.16. The van der Waals surface area contributed by atoms with Gasteiger partial charge in [0.2, 0.25) is 0 Å². The minimum absolute atomic E-state index is 0.392. The van der Waals surface area contributed by atoms with E-state index in [1.54, 1.807) is 12.1 Å². The van der Waals surface area contributed by atoms with E-state index in [2.05, 4.69) is 19.2 Å². The summed E-state index contributed by atoms with van der Waals surface area (Å²) in [5.74, 6) is 1.09. The molecule has 2 atom stereocenters. The van der Waals surface area contributed by atoms with Crippen molar-refractivity contribution in [3.8, 4) is 0 Å². The van der Waals surface area contributed by atoms with E-state index in [-0.39, 0.29) is 0 Å². The number of anilines is 2. The number of rotatable bonds is 3. The Balaban J connectivity index is 2.11. The van der Waals surface area contributed by atoms with Crippen LogP contribution >= 0.6 is 0 Å². The molecule has 1 aliphatic rings. The summed E-state index contributed by atoms with van der Waals surface area (Å²) in [7, 11) is 1.37. The Morgan fingerprint density at radius 1 is 1.25 bits per heavy atom. The fraction of sp³-hybridized carbons (Fsp3) is 0.562. The number of methoxy groups -OCH3 is 1. The van der Waals surface area contributed by atoms with Gasteiger partial charge < -0.3 is 15.8 Å². The number of benzene rings is 1. The van der Waals surface area contributed by atoms with Gasteiger partial charge in [-0.3, -0.25) is 0 Å². The van der Waals surface area contributed by atoms with Crippen molar-refractivity contribution in [2.45, 2.75) is 39.2 Å². The summed E-state index contributed by atoms with van der Waals surface area (Å²) in [6.07, 6.45) is 3.64. The number of hydrogen-bond donors (Lipinski definition) is 2. The van der Waals surface area contributed by atoms with E-state index in [1.165, 1.54) is 26.4 Å². The maximum absolute atomic E-state index is 11.7. The summed E-state index contributed by atoms with van der Waals surface area (Å²) in [5, 5.41) is 3.52. The second-order valence-electron chi connectivity index (χ2n) is 6.05. The molecule has 1 fully saturated rings. The van der Waals surface area contributed by atoms with Crippen LogP contribution in [0, 0.1) is 11.8 Å². The molecule has 2 rings (SSSR count). The summed E-state index contributed by atoms with van der Waals surface area (Å²) >= 11 is 0. The number of nitrogen functional groups attached to an aromatic ring is 1. The Kier molecular flexibility index (Phi) is 4.53. The third kappa shape index (κ3) is 3.44. The SMILES string of the molecule is COC(=O)c1cc(NC2CC(C)CC(C)C2)ccc1N. The van der Waals surface area contributed by atoms with Gasteiger partial charge in [-0.1, -0.05) is 13.8 Å². The first-order valence-electron chi connectivity index (χ1n) is 7.24. The van der Waals surface area contributed by atoms with Crippen LogP contribution in [0.1, 0.15) is 43.5 Å². The molecule has 0 aliphatic heterocycles. The lowest BCUT2D eigenvalue weighted by Gasteiger charge is -2.32. The Morgan fingerprint density at radius 3 is 2.50 bits per heavy atom. The molecule has 0 aromatic heterocycles. The number of hydrogen-bond acceptors (Lipinski definition) is 4. The third-order valence-corrected chi connectivity index (χ3v) is 4.01. The smallest absolute Gasteiger partial charge is 0.340 e. The molecular formula is C16H24N2O2. The molecule has 0 bridgehead atoms. The number of nitrogens with two attached hydrogens (primary N) is 1. The lowest BCUT2D eigenvalue weighted by Crippen LogP contribution is -2.30. The highest BCUT2D eigenvalue weighted by Crippen LogP contribution is 2.31. The van der Waals surface area contributed by atoms with E-state index in [4.69, 9.17) is 10.5 Å². The largest absolute Gasteiger partial charge is 0.465 e. The van der Waals surface area contributed by atoms with Gasteiger partial charge in [0.05, 0.1) is 12.7 Å². The normalized spacial score (nSPS) is 26.1. The molecular weight excluding hydrogens is 252 g/mol. The fourth-order valence-electron chi connectivity index (χ4n) is 3.23. The van der Waals surface area contributed by atoms with Crippen LogP contribution in [-0.2, 0) is 4.74 Å². The van der Waals surface area contributed by atoms with Gasteiger partial charge >= 0.3 is 5.97 Å². The molecule has 0 spiro atoms. The Labute approximate surface area is 120 Å². The Bertz CT molecular complexity index is 477. The van der Waals surface area contributed by atoms with Gasteiger partial charge in [-0.05, 0) is 49.3 Å². The Hall–Kier alpha value is -1.71. The predicted octanol–water partition coefficient (Wildman–Crippen LogP) is 3.29. The molecule has 4 heteroatoms. The second-order valence-corrected chi connectivity index (χ2v) is 6.05. The van der Waals surface area contributed by atoms with Crippen molar-refractivity contribution in [3.63, 3.8) is 0 Å². The summed E-state index contributed by atoms with van der Waals surface area (Å²) in [6.45, 7) is 4.60. The van der Waals surface area contributed by atoms with Crippen molar-refractivity contribution in [3.05, 3.63) is 23.8 Å². The number of carbonyl (C=O) groups excluding carboxylic acids is 1. The molecule has 110 valence electrons. The van der Waals surface area contributed by atoms with Gasteiger partial charge in [0, 0.05) is 17.4 Å². The van der Waals surface area contributed by atoms with E-state index in [0.29, 0.717) is 17.3 Å². The lowest BCUT2D eigenvalue weighted by molar-refractivity contribution is 0.0602. The van der Waals surface area contributed by atoms with Crippen LogP contribution in [0.2, 0.25) is 0 Å².